The van der Waals surface area contributed by atoms with Gasteiger partial charge in [-0.1, -0.05) is 30.8 Å². The van der Waals surface area contributed by atoms with Gasteiger partial charge in [0.05, 0.1) is 12.6 Å². The van der Waals surface area contributed by atoms with Crippen molar-refractivity contribution in [3.63, 3.8) is 0 Å². The van der Waals surface area contributed by atoms with Gasteiger partial charge in [-0.15, -0.1) is 0 Å². The molecule has 0 spiro atoms. The minimum Gasteiger partial charge on any atom is -0.385 e. The first-order valence-electron chi connectivity index (χ1n) is 5.40. The van der Waals surface area contributed by atoms with Crippen molar-refractivity contribution >= 4 is 6.41 Å². The first-order chi connectivity index (χ1) is 7.72. The van der Waals surface area contributed by atoms with Crippen LogP contribution in [0.3, 0.4) is 0 Å². The molecule has 1 saturated heterocycles. The number of piperazine rings is 1. The highest BCUT2D eigenvalue weighted by molar-refractivity contribution is 5.51. The van der Waals surface area contributed by atoms with E-state index in [2.05, 4.69) is 31.0 Å². The second-order valence-electron chi connectivity index (χ2n) is 4.13. The summed E-state index contributed by atoms with van der Waals surface area (Å²) in [5.41, 5.74) is 3.32. The summed E-state index contributed by atoms with van der Waals surface area (Å²) < 4.78 is 0. The van der Waals surface area contributed by atoms with E-state index in [1.165, 1.54) is 11.1 Å². The lowest BCUT2D eigenvalue weighted by Gasteiger charge is -2.35. The van der Waals surface area contributed by atoms with Crippen LogP contribution < -0.4 is 5.32 Å². The molecule has 0 radical (unpaired) electrons. The van der Waals surface area contributed by atoms with Gasteiger partial charge in [0, 0.05) is 12.2 Å². The Bertz CT molecular complexity index is 414. The topological polar surface area (TPSA) is 32.3 Å². The van der Waals surface area contributed by atoms with Crippen LogP contribution in [0.15, 0.2) is 36.5 Å². The van der Waals surface area contributed by atoms with E-state index >= 15 is 0 Å². The summed E-state index contributed by atoms with van der Waals surface area (Å²) in [6.45, 7) is 7.25. The zero-order chi connectivity index (χ0) is 11.5. The molecule has 1 aliphatic rings. The Kier molecular flexibility index (Phi) is 2.95. The maximum absolute atomic E-state index is 11.1. The van der Waals surface area contributed by atoms with Gasteiger partial charge in [0.25, 0.3) is 0 Å². The Balaban J connectivity index is 2.29. The third-order valence-electron chi connectivity index (χ3n) is 3.00. The van der Waals surface area contributed by atoms with Gasteiger partial charge < -0.3 is 10.2 Å². The molecular weight excluding hydrogens is 200 g/mol. The second-order valence-corrected chi connectivity index (χ2v) is 4.13. The van der Waals surface area contributed by atoms with E-state index in [9.17, 15) is 4.79 Å². The number of carbonyl (C=O) groups is 1. The molecule has 0 unspecified atom stereocenters. The van der Waals surface area contributed by atoms with Gasteiger partial charge in [0.1, 0.15) is 0 Å². The number of carbonyl (C=O) groups excluding carboxylic acids is 1. The second kappa shape index (κ2) is 4.39. The van der Waals surface area contributed by atoms with Crippen LogP contribution in [0.4, 0.5) is 0 Å². The van der Waals surface area contributed by atoms with Crippen LogP contribution in [0.1, 0.15) is 17.2 Å². The molecular formula is C13H16N2O. The zero-order valence-electron chi connectivity index (χ0n) is 9.44. The van der Waals surface area contributed by atoms with Gasteiger partial charge in [0.2, 0.25) is 6.41 Å². The molecule has 1 aromatic carbocycles. The Labute approximate surface area is 95.8 Å². The number of hydrogen-bond donors (Lipinski definition) is 1. The molecule has 3 heteroatoms. The van der Waals surface area contributed by atoms with E-state index in [1.807, 2.05) is 12.1 Å². The lowest BCUT2D eigenvalue weighted by molar-refractivity contribution is -0.120. The molecule has 0 bridgehead atoms. The summed E-state index contributed by atoms with van der Waals surface area (Å²) in [5.74, 6) is 0. The summed E-state index contributed by atoms with van der Waals surface area (Å²) in [5, 5.41) is 3.23. The van der Waals surface area contributed by atoms with Gasteiger partial charge in [-0.2, -0.15) is 0 Å². The van der Waals surface area contributed by atoms with Crippen molar-refractivity contribution in [1.29, 1.82) is 0 Å². The minimum atomic E-state index is 0.115. The molecule has 1 aliphatic heterocycles. The first kappa shape index (κ1) is 10.7. The smallest absolute Gasteiger partial charge is 0.210 e. The largest absolute Gasteiger partial charge is 0.385 e. The van der Waals surface area contributed by atoms with E-state index in [-0.39, 0.29) is 6.04 Å². The molecule has 1 heterocycles. The lowest BCUT2D eigenvalue weighted by atomic mass is 9.98. The van der Waals surface area contributed by atoms with E-state index < -0.39 is 0 Å². The molecule has 0 aromatic heterocycles. The van der Waals surface area contributed by atoms with Crippen molar-refractivity contribution in [3.8, 4) is 0 Å². The monoisotopic (exact) mass is 216 g/mol. The molecule has 1 fully saturated rings. The number of benzene rings is 1. The molecule has 84 valence electrons. The molecule has 0 aliphatic carbocycles. The van der Waals surface area contributed by atoms with Gasteiger partial charge >= 0.3 is 0 Å². The fourth-order valence-electron chi connectivity index (χ4n) is 2.10. The van der Waals surface area contributed by atoms with Crippen molar-refractivity contribution in [2.45, 2.75) is 13.0 Å². The fraction of sp³-hybridized carbons (Fsp3) is 0.308. The highest BCUT2D eigenvalue weighted by atomic mass is 16.1. The van der Waals surface area contributed by atoms with Crippen LogP contribution in [0, 0.1) is 6.92 Å². The van der Waals surface area contributed by atoms with Crippen molar-refractivity contribution < 1.29 is 4.79 Å². The van der Waals surface area contributed by atoms with E-state index in [0.717, 1.165) is 18.7 Å². The molecule has 16 heavy (non-hydrogen) atoms. The summed E-state index contributed by atoms with van der Waals surface area (Å²) in [4.78, 5) is 12.9. The summed E-state index contributed by atoms with van der Waals surface area (Å²) in [7, 11) is 0. The third kappa shape index (κ3) is 1.94. The number of nitrogens with zero attached hydrogens (tertiary/aromatic N) is 1. The number of rotatable bonds is 2. The Morgan fingerprint density at radius 3 is 2.94 bits per heavy atom. The minimum absolute atomic E-state index is 0.115. The van der Waals surface area contributed by atoms with E-state index in [1.54, 1.807) is 4.90 Å². The maximum Gasteiger partial charge on any atom is 0.210 e. The van der Waals surface area contributed by atoms with Crippen molar-refractivity contribution in [1.82, 2.24) is 10.2 Å². The molecule has 1 aromatic rings. The van der Waals surface area contributed by atoms with Crippen LogP contribution in [-0.2, 0) is 4.79 Å². The lowest BCUT2D eigenvalue weighted by Crippen LogP contribution is -2.43. The summed E-state index contributed by atoms with van der Waals surface area (Å²) >= 11 is 0. The predicted molar refractivity (Wildman–Crippen MR) is 63.8 cm³/mol. The highest BCUT2D eigenvalue weighted by Gasteiger charge is 2.24. The van der Waals surface area contributed by atoms with E-state index in [4.69, 9.17) is 0 Å². The van der Waals surface area contributed by atoms with Crippen LogP contribution in [0.2, 0.25) is 0 Å². The average molecular weight is 216 g/mol. The average Bonchev–Trinajstić information content (AvgIpc) is 2.30. The highest BCUT2D eigenvalue weighted by Crippen LogP contribution is 2.25. The van der Waals surface area contributed by atoms with Crippen molar-refractivity contribution in [2.75, 3.05) is 13.1 Å². The zero-order valence-corrected chi connectivity index (χ0v) is 9.44. The van der Waals surface area contributed by atoms with Gasteiger partial charge in [0.15, 0.2) is 0 Å². The Hall–Kier alpha value is -1.77. The normalized spacial score (nSPS) is 20.4. The third-order valence-corrected chi connectivity index (χ3v) is 3.00. The van der Waals surface area contributed by atoms with Crippen LogP contribution in [-0.4, -0.2) is 24.4 Å². The molecule has 1 amide bonds. The van der Waals surface area contributed by atoms with Crippen molar-refractivity contribution in [2.24, 2.45) is 0 Å². The van der Waals surface area contributed by atoms with Gasteiger partial charge in [-0.3, -0.25) is 4.79 Å². The number of amides is 1. The van der Waals surface area contributed by atoms with E-state index in [0.29, 0.717) is 6.54 Å². The van der Waals surface area contributed by atoms with Crippen LogP contribution >= 0.6 is 0 Å². The Morgan fingerprint density at radius 2 is 2.25 bits per heavy atom. The predicted octanol–water partition coefficient (Wildman–Crippen LogP) is 1.61. The number of nitrogens with one attached hydrogen (secondary N) is 1. The number of aryl methyl sites for hydroxylation is 1. The standard InChI is InChI=1S/C13H16N2O/c1-10-5-3-4-6-12(10)13-7-14-11(2)8-15(13)9-16/h3-6,9,13-14H,2,7-8H2,1H3/t13-/m1/s1. The number of hydrogen-bond acceptors (Lipinski definition) is 2. The van der Waals surface area contributed by atoms with Crippen LogP contribution in [0.25, 0.3) is 0 Å². The summed E-state index contributed by atoms with van der Waals surface area (Å²) in [6.07, 6.45) is 0.906. The molecule has 1 N–H and O–H groups in total. The van der Waals surface area contributed by atoms with Gasteiger partial charge in [-0.05, 0) is 18.1 Å². The molecule has 3 nitrogen and oxygen atoms in total. The Morgan fingerprint density at radius 1 is 1.50 bits per heavy atom. The quantitative estimate of drug-likeness (QED) is 0.762. The SMILES string of the molecule is C=C1CN(C=O)[C@@H](c2ccccc2C)CN1. The van der Waals surface area contributed by atoms with Gasteiger partial charge in [-0.25, -0.2) is 0 Å². The fourth-order valence-corrected chi connectivity index (χ4v) is 2.10. The molecule has 1 atom stereocenters. The maximum atomic E-state index is 11.1. The summed E-state index contributed by atoms with van der Waals surface area (Å²) in [6, 6.07) is 8.28. The molecule has 0 saturated carbocycles. The van der Waals surface area contributed by atoms with Crippen LogP contribution in [0.5, 0.6) is 0 Å². The first-order valence-corrected chi connectivity index (χ1v) is 5.40. The van der Waals surface area contributed by atoms with Crippen molar-refractivity contribution in [3.05, 3.63) is 47.7 Å². The molecule has 2 rings (SSSR count).